The molecule has 0 aliphatic heterocycles. The van der Waals surface area contributed by atoms with E-state index in [-0.39, 0.29) is 37.0 Å². The van der Waals surface area contributed by atoms with Gasteiger partial charge in [0.2, 0.25) is 5.78 Å². The maximum atomic E-state index is 13.6. The van der Waals surface area contributed by atoms with E-state index in [0.717, 1.165) is 11.1 Å². The number of rotatable bonds is 9. The second kappa shape index (κ2) is 11.5. The van der Waals surface area contributed by atoms with Gasteiger partial charge >= 0.3 is 5.97 Å². The molecule has 0 aliphatic carbocycles. The Morgan fingerprint density at radius 3 is 2.40 bits per heavy atom. The van der Waals surface area contributed by atoms with E-state index in [0.29, 0.717) is 34.4 Å². The molecule has 0 saturated carbocycles. The van der Waals surface area contributed by atoms with Crippen LogP contribution in [0.5, 0.6) is 0 Å². The first-order chi connectivity index (χ1) is 19.3. The van der Waals surface area contributed by atoms with E-state index < -0.39 is 5.97 Å². The van der Waals surface area contributed by atoms with Gasteiger partial charge in [-0.15, -0.1) is 10.2 Å². The molecule has 0 saturated heterocycles. The van der Waals surface area contributed by atoms with Crippen LogP contribution in [0.2, 0.25) is 0 Å². The standard InChI is InChI=1S/C29H27FN6O4/c1-34(2)13-14-40-28(39)21-7-3-20(4-8-21)17-35-27(38)24-15-22(9-12-25(24)36-18-32-33-29(35)36)26(37)31-16-19-5-10-23(30)11-6-19/h3-12,15,18H,13-14,16-17H2,1-2H3,(H,31,37). The fourth-order valence-electron chi connectivity index (χ4n) is 4.24. The normalized spacial score (nSPS) is 11.3. The van der Waals surface area contributed by atoms with E-state index in [1.807, 2.05) is 19.0 Å². The van der Waals surface area contributed by atoms with Crippen LogP contribution in [0, 0.1) is 5.82 Å². The van der Waals surface area contributed by atoms with Crippen LogP contribution in [0.4, 0.5) is 4.39 Å². The summed E-state index contributed by atoms with van der Waals surface area (Å²) < 4.78 is 21.6. The lowest BCUT2D eigenvalue weighted by molar-refractivity contribution is 0.0481. The third kappa shape index (κ3) is 5.74. The van der Waals surface area contributed by atoms with Gasteiger partial charge in [-0.25, -0.2) is 9.18 Å². The highest BCUT2D eigenvalue weighted by Crippen LogP contribution is 2.17. The summed E-state index contributed by atoms with van der Waals surface area (Å²) >= 11 is 0. The molecule has 5 aromatic rings. The van der Waals surface area contributed by atoms with E-state index in [1.54, 1.807) is 59.0 Å². The number of ether oxygens (including phenoxy) is 1. The molecule has 1 amide bonds. The molecule has 204 valence electrons. The van der Waals surface area contributed by atoms with Gasteiger partial charge in [-0.05, 0) is 67.7 Å². The van der Waals surface area contributed by atoms with Crippen LogP contribution in [0.3, 0.4) is 0 Å². The Kier molecular flexibility index (Phi) is 7.65. The molecule has 40 heavy (non-hydrogen) atoms. The number of likely N-dealkylation sites (N-methyl/N-ethyl adjacent to an activating group) is 1. The molecule has 0 bridgehead atoms. The molecule has 10 nitrogen and oxygen atoms in total. The van der Waals surface area contributed by atoms with Crippen LogP contribution in [0.25, 0.3) is 16.7 Å². The molecular weight excluding hydrogens is 515 g/mol. The number of hydrogen-bond donors (Lipinski definition) is 1. The van der Waals surface area contributed by atoms with Gasteiger partial charge in [-0.3, -0.25) is 18.6 Å². The molecule has 5 rings (SSSR count). The van der Waals surface area contributed by atoms with E-state index >= 15 is 0 Å². The van der Waals surface area contributed by atoms with E-state index in [1.165, 1.54) is 23.0 Å². The van der Waals surface area contributed by atoms with Gasteiger partial charge in [-0.2, -0.15) is 0 Å². The van der Waals surface area contributed by atoms with Crippen molar-refractivity contribution in [2.24, 2.45) is 0 Å². The summed E-state index contributed by atoms with van der Waals surface area (Å²) in [5.74, 6) is -0.788. The lowest BCUT2D eigenvalue weighted by Gasteiger charge is -2.12. The van der Waals surface area contributed by atoms with Gasteiger partial charge in [0.05, 0.1) is 23.0 Å². The van der Waals surface area contributed by atoms with Crippen molar-refractivity contribution >= 4 is 28.6 Å². The predicted molar refractivity (Wildman–Crippen MR) is 147 cm³/mol. The van der Waals surface area contributed by atoms with Gasteiger partial charge in [0.15, 0.2) is 0 Å². The average molecular weight is 543 g/mol. The monoisotopic (exact) mass is 542 g/mol. The molecule has 0 radical (unpaired) electrons. The average Bonchev–Trinajstić information content (AvgIpc) is 3.45. The summed E-state index contributed by atoms with van der Waals surface area (Å²) in [5.41, 5.74) is 2.46. The van der Waals surface area contributed by atoms with Crippen molar-refractivity contribution in [2.75, 3.05) is 27.2 Å². The van der Waals surface area contributed by atoms with Crippen LogP contribution >= 0.6 is 0 Å². The molecule has 0 spiro atoms. The number of carbonyl (C=O) groups excluding carboxylic acids is 2. The number of esters is 1. The quantitative estimate of drug-likeness (QED) is 0.285. The Labute approximate surface area is 228 Å². The lowest BCUT2D eigenvalue weighted by Crippen LogP contribution is -2.26. The summed E-state index contributed by atoms with van der Waals surface area (Å²) in [4.78, 5) is 40.7. The first-order valence-corrected chi connectivity index (χ1v) is 12.6. The summed E-state index contributed by atoms with van der Waals surface area (Å²) in [6.45, 7) is 1.30. The Bertz CT molecular complexity index is 1740. The highest BCUT2D eigenvalue weighted by Gasteiger charge is 2.16. The molecule has 11 heteroatoms. The maximum Gasteiger partial charge on any atom is 0.338 e. The molecular formula is C29H27FN6O4. The number of carbonyl (C=O) groups is 2. The molecule has 3 aromatic carbocycles. The number of nitrogens with zero attached hydrogens (tertiary/aromatic N) is 5. The summed E-state index contributed by atoms with van der Waals surface area (Å²) in [6.07, 6.45) is 1.51. The molecule has 2 aromatic heterocycles. The van der Waals surface area contributed by atoms with Crippen LogP contribution in [0.1, 0.15) is 31.8 Å². The topological polar surface area (TPSA) is 111 Å². The van der Waals surface area contributed by atoms with Crippen molar-refractivity contribution < 1.29 is 18.7 Å². The number of hydrogen-bond acceptors (Lipinski definition) is 7. The predicted octanol–water partition coefficient (Wildman–Crippen LogP) is 2.88. The number of fused-ring (bicyclic) bond motifs is 3. The smallest absolute Gasteiger partial charge is 0.338 e. The van der Waals surface area contributed by atoms with Crippen molar-refractivity contribution in [3.05, 3.63) is 111 Å². The fourth-order valence-corrected chi connectivity index (χ4v) is 4.24. The van der Waals surface area contributed by atoms with Gasteiger partial charge in [0.25, 0.3) is 11.5 Å². The zero-order valence-electron chi connectivity index (χ0n) is 22.0. The fraction of sp³-hybridized carbons (Fsp3) is 0.207. The minimum absolute atomic E-state index is 0.175. The van der Waals surface area contributed by atoms with Gasteiger partial charge in [0, 0.05) is 18.7 Å². The Hall–Kier alpha value is -4.90. The largest absolute Gasteiger partial charge is 0.461 e. The molecule has 0 atom stereocenters. The zero-order chi connectivity index (χ0) is 28.2. The number of halogens is 1. The highest BCUT2D eigenvalue weighted by molar-refractivity contribution is 5.98. The Morgan fingerprint density at radius 1 is 0.975 bits per heavy atom. The molecule has 0 fully saturated rings. The number of aromatic nitrogens is 4. The van der Waals surface area contributed by atoms with Gasteiger partial charge < -0.3 is 15.0 Å². The van der Waals surface area contributed by atoms with E-state index in [4.69, 9.17) is 4.74 Å². The first kappa shape index (κ1) is 26.7. The van der Waals surface area contributed by atoms with E-state index in [9.17, 15) is 18.8 Å². The van der Waals surface area contributed by atoms with Crippen molar-refractivity contribution in [1.29, 1.82) is 0 Å². The third-order valence-electron chi connectivity index (χ3n) is 6.43. The lowest BCUT2D eigenvalue weighted by atomic mass is 10.1. The summed E-state index contributed by atoms with van der Waals surface area (Å²) in [5, 5.41) is 11.2. The molecule has 0 unspecified atom stereocenters. The third-order valence-corrected chi connectivity index (χ3v) is 6.43. The Morgan fingerprint density at radius 2 is 1.68 bits per heavy atom. The second-order valence-corrected chi connectivity index (χ2v) is 9.57. The van der Waals surface area contributed by atoms with Crippen LogP contribution in [0.15, 0.2) is 77.9 Å². The SMILES string of the molecule is CN(C)CCOC(=O)c1ccc(Cn2c(=O)c3cc(C(=O)NCc4ccc(F)cc4)ccc3n3cnnc23)cc1. The van der Waals surface area contributed by atoms with E-state index in [2.05, 4.69) is 15.5 Å². The Balaban J connectivity index is 1.39. The molecule has 1 N–H and O–H groups in total. The minimum Gasteiger partial charge on any atom is -0.461 e. The van der Waals surface area contributed by atoms with Crippen LogP contribution in [-0.2, 0) is 17.8 Å². The molecule has 2 heterocycles. The van der Waals surface area contributed by atoms with Crippen molar-refractivity contribution in [1.82, 2.24) is 29.4 Å². The number of nitrogens with one attached hydrogen (secondary N) is 1. The molecule has 0 aliphatic rings. The first-order valence-electron chi connectivity index (χ1n) is 12.6. The number of amides is 1. The van der Waals surface area contributed by atoms with Crippen molar-refractivity contribution in [3.63, 3.8) is 0 Å². The van der Waals surface area contributed by atoms with Gasteiger partial charge in [-0.1, -0.05) is 24.3 Å². The van der Waals surface area contributed by atoms with Crippen LogP contribution < -0.4 is 10.9 Å². The summed E-state index contributed by atoms with van der Waals surface area (Å²) in [6, 6.07) is 17.5. The van der Waals surface area contributed by atoms with Gasteiger partial charge in [0.1, 0.15) is 18.8 Å². The second-order valence-electron chi connectivity index (χ2n) is 9.57. The van der Waals surface area contributed by atoms with Crippen molar-refractivity contribution in [2.45, 2.75) is 13.1 Å². The maximum absolute atomic E-state index is 13.6. The van der Waals surface area contributed by atoms with Crippen LogP contribution in [-0.4, -0.2) is 63.2 Å². The highest BCUT2D eigenvalue weighted by atomic mass is 19.1. The minimum atomic E-state index is -0.415. The van der Waals surface area contributed by atoms with Crippen molar-refractivity contribution in [3.8, 4) is 0 Å². The zero-order valence-corrected chi connectivity index (χ0v) is 22.0. The summed E-state index contributed by atoms with van der Waals surface area (Å²) in [7, 11) is 3.80. The number of benzene rings is 3.